The fraction of sp³-hybridized carbons (Fsp3) is 0.500. The van der Waals surface area contributed by atoms with Gasteiger partial charge < -0.3 is 9.64 Å². The summed E-state index contributed by atoms with van der Waals surface area (Å²) in [6.07, 6.45) is 7.02. The van der Waals surface area contributed by atoms with Crippen LogP contribution in [-0.4, -0.2) is 39.8 Å². The van der Waals surface area contributed by atoms with Gasteiger partial charge in [-0.05, 0) is 36.3 Å². The number of hydrogen-bond acceptors (Lipinski definition) is 3. The lowest BCUT2D eigenvalue weighted by Gasteiger charge is -2.32. The molecule has 4 rings (SSSR count). The van der Waals surface area contributed by atoms with Crippen molar-refractivity contribution in [1.29, 1.82) is 0 Å². The summed E-state index contributed by atoms with van der Waals surface area (Å²) in [5.74, 6) is 0.842. The molecule has 2 aliphatic rings. The van der Waals surface area contributed by atoms with Gasteiger partial charge in [-0.25, -0.2) is 0 Å². The van der Waals surface area contributed by atoms with Gasteiger partial charge in [-0.3, -0.25) is 9.48 Å². The first-order chi connectivity index (χ1) is 12.2. The Morgan fingerprint density at radius 3 is 2.68 bits per heavy atom. The van der Waals surface area contributed by atoms with E-state index in [1.54, 1.807) is 0 Å². The van der Waals surface area contributed by atoms with Crippen molar-refractivity contribution in [3.63, 3.8) is 0 Å². The summed E-state index contributed by atoms with van der Waals surface area (Å²) < 4.78 is 7.83. The molecule has 0 radical (unpaired) electrons. The van der Waals surface area contributed by atoms with Crippen molar-refractivity contribution in [2.45, 2.75) is 37.9 Å². The molecule has 2 fully saturated rings. The van der Waals surface area contributed by atoms with Crippen LogP contribution in [0, 0.1) is 5.92 Å². The van der Waals surface area contributed by atoms with Gasteiger partial charge in [0.05, 0.1) is 18.9 Å². The van der Waals surface area contributed by atoms with Gasteiger partial charge >= 0.3 is 0 Å². The van der Waals surface area contributed by atoms with Gasteiger partial charge in [0.1, 0.15) is 0 Å². The number of likely N-dealkylation sites (tertiary alicyclic amines) is 1. The Kier molecular flexibility index (Phi) is 4.57. The van der Waals surface area contributed by atoms with Gasteiger partial charge in [0, 0.05) is 32.3 Å². The predicted octanol–water partition coefficient (Wildman–Crippen LogP) is 2.73. The second-order valence-electron chi connectivity index (χ2n) is 7.22. The number of piperidine rings is 1. The molecule has 5 nitrogen and oxygen atoms in total. The molecule has 1 aliphatic heterocycles. The SMILES string of the molecule is Cn1cc(C2CC2C(=O)N2CCC(OCc3ccccc3)CC2)cn1. The highest BCUT2D eigenvalue weighted by molar-refractivity contribution is 5.83. The number of hydrogen-bond donors (Lipinski definition) is 0. The minimum absolute atomic E-state index is 0.158. The molecule has 2 unspecified atom stereocenters. The van der Waals surface area contributed by atoms with E-state index in [0.717, 1.165) is 32.4 Å². The molecular formula is C20H25N3O2. The van der Waals surface area contributed by atoms with Crippen molar-refractivity contribution in [2.75, 3.05) is 13.1 Å². The maximum atomic E-state index is 12.7. The van der Waals surface area contributed by atoms with E-state index in [4.69, 9.17) is 4.74 Å². The smallest absolute Gasteiger partial charge is 0.226 e. The monoisotopic (exact) mass is 339 g/mol. The van der Waals surface area contributed by atoms with Crippen molar-refractivity contribution in [2.24, 2.45) is 13.0 Å². The minimum Gasteiger partial charge on any atom is -0.373 e. The topological polar surface area (TPSA) is 47.4 Å². The van der Waals surface area contributed by atoms with Crippen LogP contribution in [0.25, 0.3) is 0 Å². The number of carbonyl (C=O) groups is 1. The normalized spacial score (nSPS) is 23.6. The lowest BCUT2D eigenvalue weighted by Crippen LogP contribution is -2.41. The number of aryl methyl sites for hydroxylation is 1. The van der Waals surface area contributed by atoms with Gasteiger partial charge in [0.2, 0.25) is 5.91 Å². The van der Waals surface area contributed by atoms with Crippen molar-refractivity contribution < 1.29 is 9.53 Å². The molecule has 1 saturated carbocycles. The van der Waals surface area contributed by atoms with Crippen molar-refractivity contribution in [1.82, 2.24) is 14.7 Å². The second-order valence-corrected chi connectivity index (χ2v) is 7.22. The van der Waals surface area contributed by atoms with Gasteiger partial charge in [-0.1, -0.05) is 30.3 Å². The van der Waals surface area contributed by atoms with E-state index in [2.05, 4.69) is 17.2 Å². The molecule has 1 aromatic carbocycles. The number of nitrogens with zero attached hydrogens (tertiary/aromatic N) is 3. The first-order valence-corrected chi connectivity index (χ1v) is 9.13. The first kappa shape index (κ1) is 16.3. The third-order valence-corrected chi connectivity index (χ3v) is 5.34. The molecule has 2 aromatic rings. The Bertz CT molecular complexity index is 720. The lowest BCUT2D eigenvalue weighted by molar-refractivity contribution is -0.135. The van der Waals surface area contributed by atoms with Crippen molar-refractivity contribution >= 4 is 5.91 Å². The molecule has 0 N–H and O–H groups in total. The first-order valence-electron chi connectivity index (χ1n) is 9.13. The summed E-state index contributed by atoms with van der Waals surface area (Å²) in [6.45, 7) is 2.29. The summed E-state index contributed by atoms with van der Waals surface area (Å²) in [4.78, 5) is 14.7. The summed E-state index contributed by atoms with van der Waals surface area (Å²) in [6, 6.07) is 10.3. The fourth-order valence-corrected chi connectivity index (χ4v) is 3.73. The molecule has 1 amide bonds. The molecule has 2 atom stereocenters. The van der Waals surface area contributed by atoms with Crippen LogP contribution in [0.15, 0.2) is 42.7 Å². The molecule has 1 aliphatic carbocycles. The van der Waals surface area contributed by atoms with E-state index in [0.29, 0.717) is 18.4 Å². The van der Waals surface area contributed by atoms with Crippen molar-refractivity contribution in [3.05, 3.63) is 53.9 Å². The number of amides is 1. The zero-order valence-corrected chi connectivity index (χ0v) is 14.7. The Morgan fingerprint density at radius 2 is 2.00 bits per heavy atom. The number of rotatable bonds is 5. The molecular weight excluding hydrogens is 314 g/mol. The summed E-state index contributed by atoms with van der Waals surface area (Å²) in [5, 5.41) is 4.21. The van der Waals surface area contributed by atoms with Crippen molar-refractivity contribution in [3.8, 4) is 0 Å². The van der Waals surface area contributed by atoms with Crippen LogP contribution < -0.4 is 0 Å². The summed E-state index contributed by atoms with van der Waals surface area (Å²) >= 11 is 0. The third kappa shape index (κ3) is 3.76. The Balaban J connectivity index is 1.23. The average molecular weight is 339 g/mol. The fourth-order valence-electron chi connectivity index (χ4n) is 3.73. The highest BCUT2D eigenvalue weighted by atomic mass is 16.5. The quantitative estimate of drug-likeness (QED) is 0.841. The largest absolute Gasteiger partial charge is 0.373 e. The number of carbonyl (C=O) groups excluding carboxylic acids is 1. The molecule has 25 heavy (non-hydrogen) atoms. The van der Waals surface area contributed by atoms with Crippen LogP contribution in [0.5, 0.6) is 0 Å². The molecule has 5 heteroatoms. The average Bonchev–Trinajstić information content (AvgIpc) is 3.34. The summed E-state index contributed by atoms with van der Waals surface area (Å²) in [7, 11) is 1.92. The number of benzene rings is 1. The highest BCUT2D eigenvalue weighted by Gasteiger charge is 2.46. The molecule has 1 aromatic heterocycles. The van der Waals surface area contributed by atoms with E-state index >= 15 is 0 Å². The number of aromatic nitrogens is 2. The van der Waals surface area contributed by atoms with Crippen LogP contribution in [0.4, 0.5) is 0 Å². The van der Waals surface area contributed by atoms with E-state index in [1.165, 1.54) is 11.1 Å². The second kappa shape index (κ2) is 7.00. The molecule has 0 bridgehead atoms. The van der Waals surface area contributed by atoms with Gasteiger partial charge in [-0.15, -0.1) is 0 Å². The van der Waals surface area contributed by atoms with Gasteiger partial charge in [0.25, 0.3) is 0 Å². The predicted molar refractivity (Wildman–Crippen MR) is 94.9 cm³/mol. The van der Waals surface area contributed by atoms with Crippen LogP contribution in [0.2, 0.25) is 0 Å². The Hall–Kier alpha value is -2.14. The zero-order chi connectivity index (χ0) is 17.2. The third-order valence-electron chi connectivity index (χ3n) is 5.34. The molecule has 0 spiro atoms. The zero-order valence-electron chi connectivity index (χ0n) is 14.7. The van der Waals surface area contributed by atoms with Crippen LogP contribution >= 0.6 is 0 Å². The molecule has 2 heterocycles. The molecule has 1 saturated heterocycles. The van der Waals surface area contributed by atoms with E-state index < -0.39 is 0 Å². The Labute approximate surface area is 148 Å². The Morgan fingerprint density at radius 1 is 1.24 bits per heavy atom. The standard InChI is InChI=1S/C20H25N3O2/c1-22-13-16(12-21-22)18-11-19(18)20(24)23-9-7-17(8-10-23)25-14-15-5-3-2-4-6-15/h2-6,12-13,17-19H,7-11,14H2,1H3. The van der Waals surface area contributed by atoms with Crippen LogP contribution in [0.3, 0.4) is 0 Å². The maximum absolute atomic E-state index is 12.7. The van der Waals surface area contributed by atoms with Crippen LogP contribution in [0.1, 0.15) is 36.3 Å². The summed E-state index contributed by atoms with van der Waals surface area (Å²) in [5.41, 5.74) is 2.40. The van der Waals surface area contributed by atoms with Gasteiger partial charge in [0.15, 0.2) is 0 Å². The highest BCUT2D eigenvalue weighted by Crippen LogP contribution is 2.48. The number of ether oxygens (including phenoxy) is 1. The maximum Gasteiger partial charge on any atom is 0.226 e. The lowest BCUT2D eigenvalue weighted by atomic mass is 10.1. The van der Waals surface area contributed by atoms with Crippen LogP contribution in [-0.2, 0) is 23.2 Å². The van der Waals surface area contributed by atoms with Gasteiger partial charge in [-0.2, -0.15) is 5.10 Å². The van der Waals surface area contributed by atoms with E-state index in [-0.39, 0.29) is 12.0 Å². The van der Waals surface area contributed by atoms with E-state index in [9.17, 15) is 4.79 Å². The van der Waals surface area contributed by atoms with E-state index in [1.807, 2.05) is 47.2 Å². The molecule has 132 valence electrons. The minimum atomic E-state index is 0.158.